The Labute approximate surface area is 107 Å². The van der Waals surface area contributed by atoms with E-state index in [1.165, 1.54) is 12.1 Å². The highest BCUT2D eigenvalue weighted by Crippen LogP contribution is 2.20. The van der Waals surface area contributed by atoms with Crippen LogP contribution in [0.4, 0.5) is 8.78 Å². The predicted molar refractivity (Wildman–Crippen MR) is 68.8 cm³/mol. The fourth-order valence-corrected chi connectivity index (χ4v) is 1.64. The van der Waals surface area contributed by atoms with Gasteiger partial charge in [0.05, 0.1) is 0 Å². The van der Waals surface area contributed by atoms with Crippen molar-refractivity contribution in [2.75, 3.05) is 6.54 Å². The summed E-state index contributed by atoms with van der Waals surface area (Å²) in [5, 5.41) is 3.26. The highest BCUT2D eigenvalue weighted by molar-refractivity contribution is 5.24. The van der Waals surface area contributed by atoms with Crippen molar-refractivity contribution in [3.8, 4) is 5.75 Å². The highest BCUT2D eigenvalue weighted by Gasteiger charge is 2.13. The van der Waals surface area contributed by atoms with E-state index in [1.807, 2.05) is 20.8 Å². The van der Waals surface area contributed by atoms with Gasteiger partial charge in [0, 0.05) is 18.7 Å². The lowest BCUT2D eigenvalue weighted by Gasteiger charge is -2.20. The first-order chi connectivity index (χ1) is 8.52. The van der Waals surface area contributed by atoms with Gasteiger partial charge in [0.15, 0.2) is 11.6 Å². The number of halogens is 2. The molecule has 4 heteroatoms. The summed E-state index contributed by atoms with van der Waals surface area (Å²) in [6, 6.07) is 3.74. The Morgan fingerprint density at radius 3 is 2.56 bits per heavy atom. The lowest BCUT2D eigenvalue weighted by Crippen LogP contribution is -2.35. The number of nitrogens with one attached hydrogen (secondary N) is 1. The molecule has 0 aliphatic carbocycles. The van der Waals surface area contributed by atoms with E-state index in [0.717, 1.165) is 18.9 Å². The molecule has 0 amide bonds. The van der Waals surface area contributed by atoms with Gasteiger partial charge in [-0.05, 0) is 18.6 Å². The summed E-state index contributed by atoms with van der Waals surface area (Å²) in [7, 11) is 0. The molecule has 0 aliphatic heterocycles. The summed E-state index contributed by atoms with van der Waals surface area (Å²) in [5.41, 5.74) is 0. The van der Waals surface area contributed by atoms with Crippen molar-refractivity contribution in [1.29, 1.82) is 0 Å². The molecule has 0 aliphatic rings. The molecule has 0 saturated heterocycles. The van der Waals surface area contributed by atoms with E-state index in [9.17, 15) is 8.78 Å². The van der Waals surface area contributed by atoms with E-state index in [4.69, 9.17) is 4.74 Å². The lowest BCUT2D eigenvalue weighted by atomic mass is 10.2. The summed E-state index contributed by atoms with van der Waals surface area (Å²) in [6.07, 6.45) is 1.68. The van der Waals surface area contributed by atoms with Gasteiger partial charge in [0.25, 0.3) is 0 Å². The zero-order valence-corrected chi connectivity index (χ0v) is 11.2. The molecule has 0 radical (unpaired) electrons. The first-order valence-electron chi connectivity index (χ1n) is 6.38. The maximum Gasteiger partial charge on any atom is 0.167 e. The van der Waals surface area contributed by atoms with Crippen LogP contribution in [0.3, 0.4) is 0 Å². The summed E-state index contributed by atoms with van der Waals surface area (Å²) >= 11 is 0. The van der Waals surface area contributed by atoms with E-state index < -0.39 is 11.6 Å². The molecule has 1 unspecified atom stereocenters. The molecule has 1 aromatic carbocycles. The molecule has 0 heterocycles. The Morgan fingerprint density at radius 1 is 1.28 bits per heavy atom. The molecular formula is C14H21F2NO. The standard InChI is InChI=1S/C14H21F2NO/c1-4-5-12(9-17-10(2)3)18-14-7-6-11(15)8-13(14)16/h6-8,10,12,17H,4-5,9H2,1-3H3. The van der Waals surface area contributed by atoms with Gasteiger partial charge in [-0.1, -0.05) is 27.2 Å². The van der Waals surface area contributed by atoms with Crippen molar-refractivity contribution < 1.29 is 13.5 Å². The van der Waals surface area contributed by atoms with Gasteiger partial charge in [0.1, 0.15) is 11.9 Å². The Morgan fingerprint density at radius 2 is 2.00 bits per heavy atom. The van der Waals surface area contributed by atoms with Crippen LogP contribution in [0.1, 0.15) is 33.6 Å². The molecular weight excluding hydrogens is 236 g/mol. The van der Waals surface area contributed by atoms with Crippen LogP contribution in [0.5, 0.6) is 5.75 Å². The third-order valence-corrected chi connectivity index (χ3v) is 2.55. The maximum absolute atomic E-state index is 13.5. The second kappa shape index (κ2) is 7.31. The minimum absolute atomic E-state index is 0.0997. The molecule has 1 atom stereocenters. The largest absolute Gasteiger partial charge is 0.486 e. The van der Waals surface area contributed by atoms with E-state index >= 15 is 0 Å². The van der Waals surface area contributed by atoms with E-state index in [-0.39, 0.29) is 11.9 Å². The number of hydrogen-bond donors (Lipinski definition) is 1. The lowest BCUT2D eigenvalue weighted by molar-refractivity contribution is 0.175. The molecule has 0 aromatic heterocycles. The van der Waals surface area contributed by atoms with Crippen molar-refractivity contribution in [2.24, 2.45) is 0 Å². The molecule has 102 valence electrons. The molecule has 2 nitrogen and oxygen atoms in total. The monoisotopic (exact) mass is 257 g/mol. The number of hydrogen-bond acceptors (Lipinski definition) is 2. The van der Waals surface area contributed by atoms with Crippen LogP contribution in [-0.4, -0.2) is 18.7 Å². The van der Waals surface area contributed by atoms with Gasteiger partial charge < -0.3 is 10.1 Å². The smallest absolute Gasteiger partial charge is 0.167 e. The van der Waals surface area contributed by atoms with Crippen LogP contribution in [-0.2, 0) is 0 Å². The first-order valence-corrected chi connectivity index (χ1v) is 6.38. The molecule has 1 N–H and O–H groups in total. The molecule has 0 spiro atoms. The van der Waals surface area contributed by atoms with Gasteiger partial charge >= 0.3 is 0 Å². The minimum Gasteiger partial charge on any atom is -0.486 e. The summed E-state index contributed by atoms with van der Waals surface area (Å²) < 4.78 is 31.8. The zero-order chi connectivity index (χ0) is 13.5. The van der Waals surface area contributed by atoms with Crippen molar-refractivity contribution in [3.05, 3.63) is 29.8 Å². The Hall–Kier alpha value is -1.16. The van der Waals surface area contributed by atoms with Gasteiger partial charge in [-0.3, -0.25) is 0 Å². The fraction of sp³-hybridized carbons (Fsp3) is 0.571. The molecule has 0 saturated carbocycles. The van der Waals surface area contributed by atoms with Crippen molar-refractivity contribution in [1.82, 2.24) is 5.32 Å². The number of benzene rings is 1. The van der Waals surface area contributed by atoms with Gasteiger partial charge in [-0.25, -0.2) is 8.78 Å². The first kappa shape index (κ1) is 14.9. The highest BCUT2D eigenvalue weighted by atomic mass is 19.1. The Kier molecular flexibility index (Phi) is 6.05. The van der Waals surface area contributed by atoms with Crippen molar-refractivity contribution >= 4 is 0 Å². The van der Waals surface area contributed by atoms with Crippen LogP contribution in [0.15, 0.2) is 18.2 Å². The van der Waals surface area contributed by atoms with Crippen LogP contribution in [0.25, 0.3) is 0 Å². The van der Waals surface area contributed by atoms with E-state index in [1.54, 1.807) is 0 Å². The molecule has 0 fully saturated rings. The normalized spacial score (nSPS) is 12.8. The van der Waals surface area contributed by atoms with Crippen LogP contribution >= 0.6 is 0 Å². The number of ether oxygens (including phenoxy) is 1. The fourth-order valence-electron chi connectivity index (χ4n) is 1.64. The van der Waals surface area contributed by atoms with Crippen LogP contribution < -0.4 is 10.1 Å². The molecule has 0 bridgehead atoms. The quantitative estimate of drug-likeness (QED) is 0.807. The second-order valence-corrected chi connectivity index (χ2v) is 4.67. The predicted octanol–water partition coefficient (Wildman–Crippen LogP) is 3.51. The summed E-state index contributed by atoms with van der Waals surface area (Å²) in [5.74, 6) is -1.13. The van der Waals surface area contributed by atoms with Crippen LogP contribution in [0.2, 0.25) is 0 Å². The Balaban J connectivity index is 2.64. The summed E-state index contributed by atoms with van der Waals surface area (Å²) in [4.78, 5) is 0. The third-order valence-electron chi connectivity index (χ3n) is 2.55. The van der Waals surface area contributed by atoms with Crippen LogP contribution in [0, 0.1) is 11.6 Å². The molecule has 18 heavy (non-hydrogen) atoms. The SMILES string of the molecule is CCCC(CNC(C)C)Oc1ccc(F)cc1F. The van der Waals surface area contributed by atoms with E-state index in [2.05, 4.69) is 5.32 Å². The Bertz CT molecular complexity index is 369. The average molecular weight is 257 g/mol. The summed E-state index contributed by atoms with van der Waals surface area (Å²) in [6.45, 7) is 6.79. The number of rotatable bonds is 7. The maximum atomic E-state index is 13.5. The molecule has 1 aromatic rings. The minimum atomic E-state index is -0.652. The zero-order valence-electron chi connectivity index (χ0n) is 11.2. The topological polar surface area (TPSA) is 21.3 Å². The van der Waals surface area contributed by atoms with Gasteiger partial charge in [-0.2, -0.15) is 0 Å². The second-order valence-electron chi connectivity index (χ2n) is 4.67. The van der Waals surface area contributed by atoms with Crippen molar-refractivity contribution in [3.63, 3.8) is 0 Å². The third kappa shape index (κ3) is 5.00. The van der Waals surface area contributed by atoms with Gasteiger partial charge in [-0.15, -0.1) is 0 Å². The van der Waals surface area contributed by atoms with Crippen molar-refractivity contribution in [2.45, 2.75) is 45.8 Å². The molecule has 1 rings (SSSR count). The average Bonchev–Trinajstić information content (AvgIpc) is 2.29. The van der Waals surface area contributed by atoms with E-state index in [0.29, 0.717) is 12.6 Å². The van der Waals surface area contributed by atoms with Gasteiger partial charge in [0.2, 0.25) is 0 Å².